The van der Waals surface area contributed by atoms with Crippen LogP contribution in [0.3, 0.4) is 0 Å². The van der Waals surface area contributed by atoms with Crippen LogP contribution < -0.4 is 4.74 Å². The van der Waals surface area contributed by atoms with E-state index in [1.807, 2.05) is 6.07 Å². The highest BCUT2D eigenvalue weighted by atomic mass is 35.5. The lowest BCUT2D eigenvalue weighted by Gasteiger charge is -2.52. The van der Waals surface area contributed by atoms with E-state index in [0.717, 1.165) is 12.8 Å². The van der Waals surface area contributed by atoms with E-state index in [4.69, 9.17) is 27.9 Å². The second kappa shape index (κ2) is 5.28. The van der Waals surface area contributed by atoms with Crippen molar-refractivity contribution < 1.29 is 9.84 Å². The van der Waals surface area contributed by atoms with Gasteiger partial charge in [-0.3, -0.25) is 0 Å². The van der Waals surface area contributed by atoms with Crippen LogP contribution in [0, 0.1) is 5.41 Å². The first-order chi connectivity index (χ1) is 8.53. The van der Waals surface area contributed by atoms with Crippen LogP contribution in [0.1, 0.15) is 33.1 Å². The van der Waals surface area contributed by atoms with Gasteiger partial charge in [-0.15, -0.1) is 0 Å². The molecular weight excluding hydrogens is 271 g/mol. The molecule has 100 valence electrons. The largest absolute Gasteiger partial charge is 0.490 e. The Morgan fingerprint density at radius 2 is 1.94 bits per heavy atom. The molecule has 2 nitrogen and oxygen atoms in total. The van der Waals surface area contributed by atoms with E-state index in [0.29, 0.717) is 22.2 Å². The van der Waals surface area contributed by atoms with Gasteiger partial charge < -0.3 is 9.84 Å². The topological polar surface area (TPSA) is 29.5 Å². The van der Waals surface area contributed by atoms with Gasteiger partial charge in [0.15, 0.2) is 0 Å². The zero-order chi connectivity index (χ0) is 13.3. The second-order valence-electron chi connectivity index (χ2n) is 4.87. The monoisotopic (exact) mass is 288 g/mol. The van der Waals surface area contributed by atoms with Crippen molar-refractivity contribution in [2.45, 2.75) is 45.3 Å². The molecule has 0 radical (unpaired) electrons. The first-order valence-electron chi connectivity index (χ1n) is 6.33. The van der Waals surface area contributed by atoms with Crippen LogP contribution in [-0.2, 0) is 0 Å². The zero-order valence-electron chi connectivity index (χ0n) is 10.6. The number of aliphatic hydroxyl groups is 1. The number of hydrogen-bond donors (Lipinski definition) is 1. The van der Waals surface area contributed by atoms with Gasteiger partial charge in [0.05, 0.1) is 16.1 Å². The molecule has 0 aliphatic heterocycles. The molecule has 4 heteroatoms. The predicted molar refractivity (Wildman–Crippen MR) is 74.5 cm³/mol. The van der Waals surface area contributed by atoms with E-state index < -0.39 is 0 Å². The lowest BCUT2D eigenvalue weighted by Crippen LogP contribution is -2.59. The summed E-state index contributed by atoms with van der Waals surface area (Å²) in [4.78, 5) is 0. The molecule has 0 saturated heterocycles. The molecule has 0 spiro atoms. The Kier molecular flexibility index (Phi) is 4.10. The third-order valence-corrected chi connectivity index (χ3v) is 4.97. The van der Waals surface area contributed by atoms with E-state index >= 15 is 0 Å². The minimum Gasteiger partial charge on any atom is -0.490 e. The molecule has 2 rings (SSSR count). The summed E-state index contributed by atoms with van der Waals surface area (Å²) in [7, 11) is 0. The SMILES string of the molecule is CCC1(CC)C(O)CC1Oc1ccc(Cl)c(Cl)c1. The van der Waals surface area contributed by atoms with Crippen molar-refractivity contribution in [2.75, 3.05) is 0 Å². The number of halogens is 2. The van der Waals surface area contributed by atoms with Gasteiger partial charge in [0.25, 0.3) is 0 Å². The van der Waals surface area contributed by atoms with Crippen LogP contribution in [-0.4, -0.2) is 17.3 Å². The van der Waals surface area contributed by atoms with Gasteiger partial charge in [-0.05, 0) is 25.0 Å². The Balaban J connectivity index is 2.12. The lowest BCUT2D eigenvalue weighted by atomic mass is 9.60. The van der Waals surface area contributed by atoms with Crippen molar-refractivity contribution in [3.8, 4) is 5.75 Å². The van der Waals surface area contributed by atoms with Crippen molar-refractivity contribution in [1.29, 1.82) is 0 Å². The summed E-state index contributed by atoms with van der Waals surface area (Å²) < 4.78 is 5.95. The third kappa shape index (κ3) is 2.22. The Morgan fingerprint density at radius 1 is 1.28 bits per heavy atom. The third-order valence-electron chi connectivity index (χ3n) is 4.23. The van der Waals surface area contributed by atoms with Gasteiger partial charge in [0.2, 0.25) is 0 Å². The summed E-state index contributed by atoms with van der Waals surface area (Å²) in [6, 6.07) is 5.27. The average Bonchev–Trinajstić information content (AvgIpc) is 2.35. The average molecular weight is 289 g/mol. The van der Waals surface area contributed by atoms with E-state index in [1.165, 1.54) is 0 Å². The molecule has 1 fully saturated rings. The minimum absolute atomic E-state index is 0.0553. The van der Waals surface area contributed by atoms with E-state index in [2.05, 4.69) is 13.8 Å². The number of hydrogen-bond acceptors (Lipinski definition) is 2. The highest BCUT2D eigenvalue weighted by Crippen LogP contribution is 2.49. The number of rotatable bonds is 4. The normalized spacial score (nSPS) is 25.6. The van der Waals surface area contributed by atoms with Gasteiger partial charge in [-0.2, -0.15) is 0 Å². The van der Waals surface area contributed by atoms with Crippen molar-refractivity contribution in [1.82, 2.24) is 0 Å². The maximum atomic E-state index is 9.98. The highest BCUT2D eigenvalue weighted by Gasteiger charge is 2.53. The van der Waals surface area contributed by atoms with Crippen LogP contribution in [0.2, 0.25) is 10.0 Å². The van der Waals surface area contributed by atoms with E-state index in [9.17, 15) is 5.11 Å². The molecule has 1 aromatic rings. The van der Waals surface area contributed by atoms with E-state index in [1.54, 1.807) is 12.1 Å². The van der Waals surface area contributed by atoms with Crippen LogP contribution >= 0.6 is 23.2 Å². The van der Waals surface area contributed by atoms with Gasteiger partial charge in [-0.25, -0.2) is 0 Å². The number of ether oxygens (including phenoxy) is 1. The van der Waals surface area contributed by atoms with Gasteiger partial charge >= 0.3 is 0 Å². The van der Waals surface area contributed by atoms with Crippen molar-refractivity contribution in [2.24, 2.45) is 5.41 Å². The molecule has 18 heavy (non-hydrogen) atoms. The molecule has 0 heterocycles. The van der Waals surface area contributed by atoms with E-state index in [-0.39, 0.29) is 17.6 Å². The summed E-state index contributed by atoms with van der Waals surface area (Å²) in [6.07, 6.45) is 2.30. The van der Waals surface area contributed by atoms with Crippen LogP contribution in [0.25, 0.3) is 0 Å². The summed E-state index contributed by atoms with van der Waals surface area (Å²) in [6.45, 7) is 4.19. The molecular formula is C14H18Cl2O2. The minimum atomic E-state index is -0.264. The smallest absolute Gasteiger partial charge is 0.121 e. The second-order valence-corrected chi connectivity index (χ2v) is 5.69. The number of aliphatic hydroxyl groups excluding tert-OH is 1. The van der Waals surface area contributed by atoms with Gasteiger partial charge in [-0.1, -0.05) is 37.0 Å². The fourth-order valence-corrected chi connectivity index (χ4v) is 3.07. The summed E-state index contributed by atoms with van der Waals surface area (Å²) in [5.74, 6) is 0.715. The molecule has 1 aliphatic carbocycles. The fraction of sp³-hybridized carbons (Fsp3) is 0.571. The van der Waals surface area contributed by atoms with Crippen LogP contribution in [0.5, 0.6) is 5.75 Å². The quantitative estimate of drug-likeness (QED) is 0.894. The Labute approximate surface area is 118 Å². The molecule has 1 saturated carbocycles. The maximum Gasteiger partial charge on any atom is 0.121 e. The molecule has 0 aromatic heterocycles. The predicted octanol–water partition coefficient (Wildman–Crippen LogP) is 4.31. The molecule has 0 bridgehead atoms. The standard InChI is InChI=1S/C14H18Cl2O2/c1-3-14(4-2)12(17)8-13(14)18-9-5-6-10(15)11(16)7-9/h5-7,12-13,17H,3-4,8H2,1-2H3. The summed E-state index contributed by atoms with van der Waals surface area (Å²) in [5.41, 5.74) is -0.119. The Morgan fingerprint density at radius 3 is 2.44 bits per heavy atom. The molecule has 2 unspecified atom stereocenters. The first-order valence-corrected chi connectivity index (χ1v) is 7.09. The van der Waals surface area contributed by atoms with Crippen LogP contribution in [0.4, 0.5) is 0 Å². The molecule has 1 aromatic carbocycles. The van der Waals surface area contributed by atoms with Gasteiger partial charge in [0.1, 0.15) is 11.9 Å². The van der Waals surface area contributed by atoms with Crippen molar-refractivity contribution in [3.63, 3.8) is 0 Å². The summed E-state index contributed by atoms with van der Waals surface area (Å²) in [5, 5.41) is 11.0. The fourth-order valence-electron chi connectivity index (χ4n) is 2.78. The lowest BCUT2D eigenvalue weighted by molar-refractivity contribution is -0.159. The van der Waals surface area contributed by atoms with Crippen molar-refractivity contribution in [3.05, 3.63) is 28.2 Å². The maximum absolute atomic E-state index is 9.98. The Hall–Kier alpha value is -0.440. The molecule has 1 aliphatic rings. The first kappa shape index (κ1) is 14.0. The molecule has 0 amide bonds. The highest BCUT2D eigenvalue weighted by molar-refractivity contribution is 6.42. The zero-order valence-corrected chi connectivity index (χ0v) is 12.1. The van der Waals surface area contributed by atoms with Crippen LogP contribution in [0.15, 0.2) is 18.2 Å². The van der Waals surface area contributed by atoms with Crippen molar-refractivity contribution >= 4 is 23.2 Å². The Bertz CT molecular complexity index is 430. The number of benzene rings is 1. The van der Waals surface area contributed by atoms with Gasteiger partial charge in [0, 0.05) is 17.9 Å². The summed E-state index contributed by atoms with van der Waals surface area (Å²) >= 11 is 11.8. The molecule has 1 N–H and O–H groups in total. The molecule has 2 atom stereocenters.